The molecular weight excluding hydrogens is 344 g/mol. The van der Waals surface area contributed by atoms with E-state index in [0.29, 0.717) is 5.92 Å². The number of para-hydroxylation sites is 2. The molecule has 134 valence electrons. The van der Waals surface area contributed by atoms with Crippen molar-refractivity contribution in [3.8, 4) is 5.75 Å². The first kappa shape index (κ1) is 17.0. The van der Waals surface area contributed by atoms with Crippen LogP contribution >= 0.6 is 11.3 Å². The predicted molar refractivity (Wildman–Crippen MR) is 105 cm³/mol. The maximum Gasteiger partial charge on any atom is 0.263 e. The first-order valence-electron chi connectivity index (χ1n) is 9.06. The summed E-state index contributed by atoms with van der Waals surface area (Å²) in [5.74, 6) is 1.10. The third kappa shape index (κ3) is 3.58. The Labute approximate surface area is 157 Å². The standard InChI is InChI=1S/C21H22N2O2S/c1-15(25-17-9-3-2-4-10-17)21(24)23-13-7-8-16(14-23)20-22-18-11-5-6-12-19(18)26-20/h2-6,9-12,15-16H,7-8,13-14H2,1H3/t15-,16+/m1/s1. The number of fused-ring (bicyclic) bond motifs is 1. The number of hydrogen-bond donors (Lipinski definition) is 0. The summed E-state index contributed by atoms with van der Waals surface area (Å²) < 4.78 is 7.03. The van der Waals surface area contributed by atoms with Crippen molar-refractivity contribution in [1.29, 1.82) is 0 Å². The summed E-state index contributed by atoms with van der Waals surface area (Å²) in [5.41, 5.74) is 1.05. The van der Waals surface area contributed by atoms with Crippen molar-refractivity contribution in [2.24, 2.45) is 0 Å². The molecule has 0 aliphatic carbocycles. The molecule has 1 amide bonds. The lowest BCUT2D eigenvalue weighted by atomic mass is 9.98. The minimum absolute atomic E-state index is 0.0552. The molecule has 0 unspecified atom stereocenters. The highest BCUT2D eigenvalue weighted by molar-refractivity contribution is 7.18. The van der Waals surface area contributed by atoms with Crippen LogP contribution in [0.1, 0.15) is 30.7 Å². The van der Waals surface area contributed by atoms with E-state index in [0.717, 1.165) is 42.2 Å². The normalized spacial score (nSPS) is 18.7. The van der Waals surface area contributed by atoms with Crippen LogP contribution in [0.15, 0.2) is 54.6 Å². The van der Waals surface area contributed by atoms with Gasteiger partial charge in [-0.15, -0.1) is 11.3 Å². The summed E-state index contributed by atoms with van der Waals surface area (Å²) in [6.45, 7) is 3.35. The Hall–Kier alpha value is -2.40. The van der Waals surface area contributed by atoms with Crippen molar-refractivity contribution in [1.82, 2.24) is 9.88 Å². The monoisotopic (exact) mass is 366 g/mol. The van der Waals surface area contributed by atoms with Crippen LogP contribution in [-0.4, -0.2) is 35.0 Å². The zero-order chi connectivity index (χ0) is 17.9. The Morgan fingerprint density at radius 1 is 1.19 bits per heavy atom. The lowest BCUT2D eigenvalue weighted by molar-refractivity contribution is -0.139. The topological polar surface area (TPSA) is 42.4 Å². The fourth-order valence-electron chi connectivity index (χ4n) is 3.45. The van der Waals surface area contributed by atoms with E-state index in [4.69, 9.17) is 9.72 Å². The van der Waals surface area contributed by atoms with Gasteiger partial charge in [0.2, 0.25) is 0 Å². The summed E-state index contributed by atoms with van der Waals surface area (Å²) in [7, 11) is 0. The molecule has 4 nitrogen and oxygen atoms in total. The predicted octanol–water partition coefficient (Wildman–Crippen LogP) is 4.47. The van der Waals surface area contributed by atoms with Gasteiger partial charge in [-0.25, -0.2) is 4.98 Å². The smallest absolute Gasteiger partial charge is 0.263 e. The minimum atomic E-state index is -0.480. The molecule has 4 rings (SSSR count). The van der Waals surface area contributed by atoms with E-state index >= 15 is 0 Å². The molecule has 1 aliphatic heterocycles. The molecule has 0 N–H and O–H groups in total. The summed E-state index contributed by atoms with van der Waals surface area (Å²) in [4.78, 5) is 19.6. The molecule has 3 aromatic rings. The van der Waals surface area contributed by atoms with E-state index in [-0.39, 0.29) is 5.91 Å². The van der Waals surface area contributed by atoms with Gasteiger partial charge in [0, 0.05) is 19.0 Å². The molecule has 2 heterocycles. The molecular formula is C21H22N2O2S. The quantitative estimate of drug-likeness (QED) is 0.684. The van der Waals surface area contributed by atoms with Crippen LogP contribution in [0.25, 0.3) is 10.2 Å². The molecule has 1 fully saturated rings. The van der Waals surface area contributed by atoms with Crippen molar-refractivity contribution in [3.63, 3.8) is 0 Å². The Bertz CT molecular complexity index is 860. The number of aromatic nitrogens is 1. The Kier molecular flexibility index (Phi) is 4.89. The van der Waals surface area contributed by atoms with Crippen molar-refractivity contribution >= 4 is 27.5 Å². The van der Waals surface area contributed by atoms with Crippen LogP contribution in [0.4, 0.5) is 0 Å². The van der Waals surface area contributed by atoms with Gasteiger partial charge in [-0.1, -0.05) is 30.3 Å². The third-order valence-corrected chi connectivity index (χ3v) is 6.00. The number of carbonyl (C=O) groups is 1. The maximum atomic E-state index is 12.8. The second-order valence-electron chi connectivity index (χ2n) is 6.72. The second kappa shape index (κ2) is 7.46. The molecule has 0 saturated carbocycles. The molecule has 5 heteroatoms. The van der Waals surface area contributed by atoms with Gasteiger partial charge in [-0.2, -0.15) is 0 Å². The number of piperidine rings is 1. The van der Waals surface area contributed by atoms with Gasteiger partial charge in [0.1, 0.15) is 5.75 Å². The maximum absolute atomic E-state index is 12.8. The number of carbonyl (C=O) groups excluding carboxylic acids is 1. The largest absolute Gasteiger partial charge is 0.481 e. The van der Waals surface area contributed by atoms with Gasteiger partial charge in [-0.3, -0.25) is 4.79 Å². The van der Waals surface area contributed by atoms with E-state index in [1.54, 1.807) is 11.3 Å². The third-order valence-electron chi connectivity index (χ3n) is 4.80. The number of thiazole rings is 1. The van der Waals surface area contributed by atoms with Crippen LogP contribution in [0.2, 0.25) is 0 Å². The number of nitrogens with zero attached hydrogens (tertiary/aromatic N) is 2. The average molecular weight is 366 g/mol. The highest BCUT2D eigenvalue weighted by Crippen LogP contribution is 2.33. The van der Waals surface area contributed by atoms with Crippen molar-refractivity contribution in [3.05, 3.63) is 59.6 Å². The van der Waals surface area contributed by atoms with Crippen molar-refractivity contribution in [2.45, 2.75) is 31.8 Å². The molecule has 1 aliphatic rings. The molecule has 0 spiro atoms. The number of likely N-dealkylation sites (tertiary alicyclic amines) is 1. The zero-order valence-corrected chi connectivity index (χ0v) is 15.6. The number of amides is 1. The Morgan fingerprint density at radius 3 is 2.77 bits per heavy atom. The number of benzene rings is 2. The van der Waals surface area contributed by atoms with Crippen molar-refractivity contribution in [2.75, 3.05) is 13.1 Å². The molecule has 0 bridgehead atoms. The van der Waals surface area contributed by atoms with Gasteiger partial charge in [-0.05, 0) is 44.0 Å². The molecule has 2 aromatic carbocycles. The first-order chi connectivity index (χ1) is 12.7. The lowest BCUT2D eigenvalue weighted by Gasteiger charge is -2.33. The molecule has 26 heavy (non-hydrogen) atoms. The lowest BCUT2D eigenvalue weighted by Crippen LogP contribution is -2.45. The summed E-state index contributed by atoms with van der Waals surface area (Å²) in [6.07, 6.45) is 1.61. The fourth-order valence-corrected chi connectivity index (χ4v) is 4.55. The number of hydrogen-bond acceptors (Lipinski definition) is 4. The van der Waals surface area contributed by atoms with Gasteiger partial charge >= 0.3 is 0 Å². The fraction of sp³-hybridized carbons (Fsp3) is 0.333. The SMILES string of the molecule is C[C@@H](Oc1ccccc1)C(=O)N1CCC[C@H](c2nc3ccccc3s2)C1. The highest BCUT2D eigenvalue weighted by Gasteiger charge is 2.30. The van der Waals surface area contributed by atoms with E-state index in [2.05, 4.69) is 12.1 Å². The molecule has 0 radical (unpaired) electrons. The van der Waals surface area contributed by atoms with Crippen LogP contribution in [0.3, 0.4) is 0 Å². The Balaban J connectivity index is 1.44. The van der Waals surface area contributed by atoms with Gasteiger partial charge < -0.3 is 9.64 Å². The summed E-state index contributed by atoms with van der Waals surface area (Å²) in [5, 5.41) is 1.14. The summed E-state index contributed by atoms with van der Waals surface area (Å²) in [6, 6.07) is 17.7. The van der Waals surface area contributed by atoms with E-state index < -0.39 is 6.10 Å². The second-order valence-corrected chi connectivity index (χ2v) is 7.78. The molecule has 1 aromatic heterocycles. The number of ether oxygens (including phenoxy) is 1. The highest BCUT2D eigenvalue weighted by atomic mass is 32.1. The van der Waals surface area contributed by atoms with E-state index in [1.807, 2.05) is 54.3 Å². The van der Waals surface area contributed by atoms with E-state index in [1.165, 1.54) is 4.70 Å². The van der Waals surface area contributed by atoms with Gasteiger partial charge in [0.15, 0.2) is 6.10 Å². The van der Waals surface area contributed by atoms with Crippen LogP contribution in [0.5, 0.6) is 5.75 Å². The first-order valence-corrected chi connectivity index (χ1v) is 9.88. The Morgan fingerprint density at radius 2 is 1.96 bits per heavy atom. The summed E-state index contributed by atoms with van der Waals surface area (Å²) >= 11 is 1.75. The van der Waals surface area contributed by atoms with Gasteiger partial charge in [0.05, 0.1) is 15.2 Å². The van der Waals surface area contributed by atoms with Crippen molar-refractivity contribution < 1.29 is 9.53 Å². The van der Waals surface area contributed by atoms with Gasteiger partial charge in [0.25, 0.3) is 5.91 Å². The minimum Gasteiger partial charge on any atom is -0.481 e. The molecule has 2 atom stereocenters. The van der Waals surface area contributed by atoms with E-state index in [9.17, 15) is 4.79 Å². The van der Waals surface area contributed by atoms with Crippen LogP contribution in [-0.2, 0) is 4.79 Å². The van der Waals surface area contributed by atoms with Crippen LogP contribution < -0.4 is 4.74 Å². The zero-order valence-electron chi connectivity index (χ0n) is 14.8. The molecule has 1 saturated heterocycles. The van der Waals surface area contributed by atoms with Crippen LogP contribution in [0, 0.1) is 0 Å². The number of rotatable bonds is 4. The average Bonchev–Trinajstić information content (AvgIpc) is 3.12.